The van der Waals surface area contributed by atoms with Gasteiger partial charge in [-0.05, 0) is 61.4 Å². The molecule has 242 valence electrons. The lowest BCUT2D eigenvalue weighted by Crippen LogP contribution is -1.99. The first kappa shape index (κ1) is 34.5. The first-order valence-electron chi connectivity index (χ1n) is 13.5. The van der Waals surface area contributed by atoms with Crippen LogP contribution in [-0.4, -0.2) is 43.8 Å². The van der Waals surface area contributed by atoms with Gasteiger partial charge in [-0.15, -0.1) is 0 Å². The van der Waals surface area contributed by atoms with E-state index in [1.54, 1.807) is 38.1 Å². The van der Waals surface area contributed by atoms with Crippen molar-refractivity contribution in [2.24, 2.45) is 10.2 Å². The van der Waals surface area contributed by atoms with Crippen LogP contribution in [-0.2, 0) is 21.5 Å². The number of nitro benzene ring substituents is 1. The van der Waals surface area contributed by atoms with Crippen LogP contribution in [0.3, 0.4) is 0 Å². The van der Waals surface area contributed by atoms with Gasteiger partial charge in [-0.1, -0.05) is 12.1 Å². The fourth-order valence-electron chi connectivity index (χ4n) is 5.10. The lowest BCUT2D eigenvalue weighted by molar-refractivity contribution is -0.384. The number of rotatable bonds is 11. The maximum atomic E-state index is 12.0. The highest BCUT2D eigenvalue weighted by Crippen LogP contribution is 2.51. The summed E-state index contributed by atoms with van der Waals surface area (Å²) in [6.07, 6.45) is -1.26. The second-order valence-corrected chi connectivity index (χ2v) is 13.8. The number of nitrogens with zero attached hydrogens (tertiary/aromatic N) is 3. The van der Waals surface area contributed by atoms with Gasteiger partial charge in [0.2, 0.25) is 0 Å². The third kappa shape index (κ3) is 8.24. The number of non-ortho nitro benzene ring substituents is 1. The standard InChI is InChI=1S/C30H31N3O11P2/c1-17-9-19(15-45(37,38)39)29(43-3)26(11-17)24-13-22(32-31-21-5-7-23(8-6-21)33(35)36)14-25(28(24)34)27-12-18(2)10-20(30(27)44-4)16-46(40,41)42/h5-14,34H,15-16H2,1-4H3,(H2,37,38,39)(H2,40,41,42). The van der Waals surface area contributed by atoms with E-state index in [0.29, 0.717) is 11.1 Å². The zero-order chi connectivity index (χ0) is 34.0. The summed E-state index contributed by atoms with van der Waals surface area (Å²) in [5.41, 5.74) is 2.78. The Morgan fingerprint density at radius 2 is 1.11 bits per heavy atom. The van der Waals surface area contributed by atoms with Crippen molar-refractivity contribution in [3.8, 4) is 39.5 Å². The molecule has 0 saturated carbocycles. The quantitative estimate of drug-likeness (QED) is 0.0471. The van der Waals surface area contributed by atoms with E-state index in [2.05, 4.69) is 10.2 Å². The number of ether oxygens (including phenoxy) is 2. The van der Waals surface area contributed by atoms with Crippen LogP contribution in [0, 0.1) is 24.0 Å². The molecule has 0 saturated heterocycles. The summed E-state index contributed by atoms with van der Waals surface area (Å²) >= 11 is 0. The highest BCUT2D eigenvalue weighted by Gasteiger charge is 2.26. The van der Waals surface area contributed by atoms with Gasteiger partial charge in [-0.3, -0.25) is 19.2 Å². The number of aromatic hydroxyl groups is 1. The number of hydrogen-bond donors (Lipinski definition) is 5. The van der Waals surface area contributed by atoms with Gasteiger partial charge in [-0.25, -0.2) is 0 Å². The lowest BCUT2D eigenvalue weighted by atomic mass is 9.92. The molecule has 0 unspecified atom stereocenters. The van der Waals surface area contributed by atoms with Gasteiger partial charge in [0.15, 0.2) is 0 Å². The van der Waals surface area contributed by atoms with Gasteiger partial charge >= 0.3 is 15.2 Å². The third-order valence-corrected chi connectivity index (χ3v) is 8.30. The molecule has 0 spiro atoms. The Morgan fingerprint density at radius 1 is 0.696 bits per heavy atom. The van der Waals surface area contributed by atoms with Crippen LogP contribution in [0.1, 0.15) is 22.3 Å². The molecule has 14 nitrogen and oxygen atoms in total. The van der Waals surface area contributed by atoms with Crippen molar-refractivity contribution in [2.45, 2.75) is 26.2 Å². The van der Waals surface area contributed by atoms with Gasteiger partial charge in [0.25, 0.3) is 5.69 Å². The summed E-state index contributed by atoms with van der Waals surface area (Å²) in [5, 5.41) is 31.3. The number of phenolic OH excluding ortho intramolecular Hbond substituents is 1. The summed E-state index contributed by atoms with van der Waals surface area (Å²) in [4.78, 5) is 49.4. The average molecular weight is 672 g/mol. The molecule has 4 aromatic carbocycles. The predicted molar refractivity (Wildman–Crippen MR) is 170 cm³/mol. The molecule has 0 aliphatic heterocycles. The molecule has 0 bridgehead atoms. The van der Waals surface area contributed by atoms with E-state index in [0.717, 1.165) is 0 Å². The Morgan fingerprint density at radius 3 is 1.48 bits per heavy atom. The molecule has 0 fully saturated rings. The number of methoxy groups -OCH3 is 2. The molecule has 0 amide bonds. The van der Waals surface area contributed by atoms with E-state index in [9.17, 15) is 43.9 Å². The normalized spacial score (nSPS) is 12.0. The number of hydrogen-bond acceptors (Lipinski definition) is 9. The zero-order valence-electron chi connectivity index (χ0n) is 25.1. The summed E-state index contributed by atoms with van der Waals surface area (Å²) in [7, 11) is -6.41. The first-order chi connectivity index (χ1) is 21.5. The number of phenols is 1. The van der Waals surface area contributed by atoms with E-state index in [-0.39, 0.29) is 67.7 Å². The van der Waals surface area contributed by atoms with E-state index in [1.807, 2.05) is 0 Å². The zero-order valence-corrected chi connectivity index (χ0v) is 26.9. The molecule has 0 aromatic heterocycles. The maximum Gasteiger partial charge on any atom is 0.330 e. The maximum absolute atomic E-state index is 12.0. The Labute approximate surface area is 263 Å². The van der Waals surface area contributed by atoms with Crippen molar-refractivity contribution in [1.82, 2.24) is 0 Å². The van der Waals surface area contributed by atoms with Crippen molar-refractivity contribution < 1.29 is 48.2 Å². The molecule has 0 atom stereocenters. The smallest absolute Gasteiger partial charge is 0.330 e. The molecule has 16 heteroatoms. The van der Waals surface area contributed by atoms with Crippen LogP contribution in [0.5, 0.6) is 17.2 Å². The van der Waals surface area contributed by atoms with Crippen LogP contribution < -0.4 is 9.47 Å². The molecule has 0 radical (unpaired) electrons. The third-order valence-electron chi connectivity index (χ3n) is 6.80. The fraction of sp³-hybridized carbons (Fsp3) is 0.200. The summed E-state index contributed by atoms with van der Waals surface area (Å²) in [6.45, 7) is 3.42. The minimum atomic E-state index is -4.53. The second kappa shape index (κ2) is 13.5. The SMILES string of the molecule is COc1c(CP(=O)(O)O)cc(C)cc1-c1cc(N=Nc2ccc([N+](=O)[O-])cc2)cc(-c2cc(C)cc(CP(=O)(O)O)c2OC)c1O. The van der Waals surface area contributed by atoms with Gasteiger partial charge in [-0.2, -0.15) is 10.2 Å². The molecular formula is C30H31N3O11P2. The van der Waals surface area contributed by atoms with Crippen LogP contribution in [0.15, 0.2) is 70.9 Å². The molecule has 0 aliphatic carbocycles. The Balaban J connectivity index is 2.03. The number of benzene rings is 4. The largest absolute Gasteiger partial charge is 0.507 e. The number of azo groups is 1. The van der Waals surface area contributed by atoms with Crippen LogP contribution in [0.2, 0.25) is 0 Å². The number of aryl methyl sites for hydroxylation is 2. The predicted octanol–water partition coefficient (Wildman–Crippen LogP) is 7.04. The fourth-order valence-corrected chi connectivity index (χ4v) is 6.46. The van der Waals surface area contributed by atoms with Crippen LogP contribution in [0.4, 0.5) is 17.1 Å². The summed E-state index contributed by atoms with van der Waals surface area (Å²) in [6, 6.07) is 14.7. The van der Waals surface area contributed by atoms with Gasteiger partial charge in [0, 0.05) is 45.5 Å². The van der Waals surface area contributed by atoms with E-state index >= 15 is 0 Å². The minimum absolute atomic E-state index is 0.0954. The molecule has 4 aromatic rings. The Kier molecular flexibility index (Phi) is 10.1. The molecule has 46 heavy (non-hydrogen) atoms. The molecule has 4 rings (SSSR count). The molecular weight excluding hydrogens is 640 g/mol. The van der Waals surface area contributed by atoms with Gasteiger partial charge in [0.1, 0.15) is 17.2 Å². The highest BCUT2D eigenvalue weighted by molar-refractivity contribution is 7.51. The number of nitro groups is 1. The average Bonchev–Trinajstić information content (AvgIpc) is 2.94. The second-order valence-electron chi connectivity index (χ2n) is 10.5. The minimum Gasteiger partial charge on any atom is -0.507 e. The topological polar surface area (TPSA) is 222 Å². The first-order valence-corrected chi connectivity index (χ1v) is 17.1. The van der Waals surface area contributed by atoms with Crippen LogP contribution in [0.25, 0.3) is 22.3 Å². The summed E-state index contributed by atoms with van der Waals surface area (Å²) < 4.78 is 35.1. The molecule has 0 aliphatic rings. The van der Waals surface area contributed by atoms with Crippen molar-refractivity contribution in [3.63, 3.8) is 0 Å². The van der Waals surface area contributed by atoms with Crippen molar-refractivity contribution in [2.75, 3.05) is 14.2 Å². The van der Waals surface area contributed by atoms with E-state index < -0.39 is 32.4 Å². The van der Waals surface area contributed by atoms with Crippen LogP contribution >= 0.6 is 15.2 Å². The van der Waals surface area contributed by atoms with Gasteiger partial charge < -0.3 is 34.2 Å². The monoisotopic (exact) mass is 671 g/mol. The van der Waals surface area contributed by atoms with Crippen molar-refractivity contribution >= 4 is 32.3 Å². The Bertz CT molecular complexity index is 1830. The lowest BCUT2D eigenvalue weighted by Gasteiger charge is -2.20. The van der Waals surface area contributed by atoms with E-state index in [1.165, 1.54) is 50.6 Å². The van der Waals surface area contributed by atoms with E-state index in [4.69, 9.17) is 9.47 Å². The van der Waals surface area contributed by atoms with Crippen molar-refractivity contribution in [3.05, 3.63) is 93.0 Å². The Hall–Kier alpha value is -4.42. The highest BCUT2D eigenvalue weighted by atomic mass is 31.2. The van der Waals surface area contributed by atoms with Crippen molar-refractivity contribution in [1.29, 1.82) is 0 Å². The van der Waals surface area contributed by atoms with Gasteiger partial charge in [0.05, 0.1) is 42.8 Å². The summed E-state index contributed by atoms with van der Waals surface area (Å²) in [5.74, 6) is -0.123. The molecule has 0 heterocycles. The molecule has 5 N–H and O–H groups in total.